The highest BCUT2D eigenvalue weighted by Gasteiger charge is 2.45. The Hall–Kier alpha value is -5.63. The Labute approximate surface area is 403 Å². The molecule has 0 spiro atoms. The number of amides is 2. The second kappa shape index (κ2) is 20.5. The van der Waals surface area contributed by atoms with Gasteiger partial charge in [0.2, 0.25) is 11.8 Å². The quantitative estimate of drug-likeness (QED) is 0.151. The van der Waals surface area contributed by atoms with Crippen LogP contribution in [0.3, 0.4) is 0 Å². The molecule has 3 saturated heterocycles. The normalized spacial score (nSPS) is 26.8. The molecule has 0 radical (unpaired) electrons. The van der Waals surface area contributed by atoms with Crippen LogP contribution < -0.4 is 20.0 Å². The molecule has 12 rings (SSSR count). The van der Waals surface area contributed by atoms with Crippen LogP contribution in [-0.2, 0) is 19.1 Å². The van der Waals surface area contributed by atoms with Crippen LogP contribution in [0.5, 0.6) is 0 Å². The molecule has 3 aliphatic carbocycles. The predicted molar refractivity (Wildman–Crippen MR) is 264 cm³/mol. The first-order valence-corrected chi connectivity index (χ1v) is 23.9. The van der Waals surface area contributed by atoms with Crippen LogP contribution in [0.4, 0.5) is 17.5 Å². The minimum atomic E-state index is 0. The van der Waals surface area contributed by atoms with Gasteiger partial charge in [-0.2, -0.15) is 0 Å². The number of hydrogen-bond acceptors (Lipinski definition) is 14. The number of halogens is 1. The molecule has 6 aliphatic rings. The number of H-pyrrole nitrogens is 3. The van der Waals surface area contributed by atoms with Gasteiger partial charge in [0.25, 0.3) is 0 Å². The van der Waals surface area contributed by atoms with Crippen LogP contribution in [0.2, 0.25) is 0 Å². The summed E-state index contributed by atoms with van der Waals surface area (Å²) in [5.74, 6) is 7.31. The minimum absolute atomic E-state index is 0. The van der Waals surface area contributed by atoms with Crippen molar-refractivity contribution in [2.45, 2.75) is 56.7 Å². The third-order valence-electron chi connectivity index (χ3n) is 16.0. The first-order chi connectivity index (χ1) is 32.7. The van der Waals surface area contributed by atoms with Gasteiger partial charge in [0.1, 0.15) is 66.6 Å². The summed E-state index contributed by atoms with van der Waals surface area (Å²) in [6.07, 6.45) is 17.6. The summed E-state index contributed by atoms with van der Waals surface area (Å²) in [7, 11) is 9.56. The summed E-state index contributed by atoms with van der Waals surface area (Å²) in [4.78, 5) is 70.6. The van der Waals surface area contributed by atoms with Crippen LogP contribution in [0.25, 0.3) is 33.1 Å². The van der Waals surface area contributed by atoms with E-state index in [0.29, 0.717) is 41.8 Å². The lowest BCUT2D eigenvalue weighted by Crippen LogP contribution is -2.35. The van der Waals surface area contributed by atoms with E-state index in [2.05, 4.69) is 92.1 Å². The molecule has 4 N–H and O–H groups in total. The lowest BCUT2D eigenvalue weighted by Gasteiger charge is -2.28. The van der Waals surface area contributed by atoms with Crippen molar-refractivity contribution in [1.82, 2.24) is 60.0 Å². The summed E-state index contributed by atoms with van der Waals surface area (Å²) in [6.45, 7) is 6.21. The summed E-state index contributed by atoms with van der Waals surface area (Å²) < 4.78 is 9.94. The third-order valence-corrected chi connectivity index (χ3v) is 16.0. The second-order valence-corrected chi connectivity index (χ2v) is 19.7. The van der Waals surface area contributed by atoms with Gasteiger partial charge in [-0.1, -0.05) is 0 Å². The molecule has 3 saturated carbocycles. The molecular weight excluding hydrogens is 886 g/mol. The Balaban J connectivity index is 0.000000127. The van der Waals surface area contributed by atoms with Crippen molar-refractivity contribution in [1.29, 1.82) is 0 Å². The summed E-state index contributed by atoms with van der Waals surface area (Å²) in [5.41, 5.74) is 2.68. The second-order valence-electron chi connectivity index (χ2n) is 19.7. The zero-order valence-corrected chi connectivity index (χ0v) is 40.6. The number of aromatic nitrogens is 9. The number of nitrogens with zero attached hydrogens (tertiary/aromatic N) is 11. The van der Waals surface area contributed by atoms with Crippen LogP contribution >= 0.6 is 12.4 Å². The van der Waals surface area contributed by atoms with Gasteiger partial charge in [-0.3, -0.25) is 9.59 Å². The van der Waals surface area contributed by atoms with Gasteiger partial charge in [0, 0.05) is 98.3 Å². The van der Waals surface area contributed by atoms with E-state index in [1.165, 1.54) is 25.9 Å². The van der Waals surface area contributed by atoms with Crippen molar-refractivity contribution in [2.75, 3.05) is 103 Å². The standard InChI is InChI=1S/2C17H23N5O2.C14H19N5.ClH/c2*1-21(17-14-3-4-18-16(14)19-10-20-17)13-5-11-7-22(8-12(11)6-13)15(23)9-24-2;1-19(11-4-9-6-15-7-10(9)5-11)14-12-2-3-16-13(12)17-8-18-14;/h2*3-4,10-13H,5-9H2,1-2H3,(H,18,19,20);2-3,8-11,15H,4-7H2,1H3,(H,16,17,18);1H/t2*11-,12+,13?;9-,10+,11?;. The Morgan fingerprint density at radius 1 is 0.529 bits per heavy atom. The van der Waals surface area contributed by atoms with Crippen molar-refractivity contribution < 1.29 is 19.1 Å². The highest BCUT2D eigenvalue weighted by atomic mass is 35.5. The predicted octanol–water partition coefficient (Wildman–Crippen LogP) is 4.37. The van der Waals surface area contributed by atoms with Gasteiger partial charge in [-0.05, 0) is 105 Å². The Bertz CT molecular complexity index is 2490. The first-order valence-electron chi connectivity index (χ1n) is 23.9. The molecule has 2 amide bonds. The number of ether oxygens (including phenoxy) is 2. The summed E-state index contributed by atoms with van der Waals surface area (Å²) in [6, 6.07) is 7.67. The van der Waals surface area contributed by atoms with E-state index in [0.717, 1.165) is 114 Å². The van der Waals surface area contributed by atoms with Crippen molar-refractivity contribution in [3.8, 4) is 0 Å². The van der Waals surface area contributed by atoms with Gasteiger partial charge in [-0.25, -0.2) is 29.9 Å². The molecule has 0 bridgehead atoms. The van der Waals surface area contributed by atoms with Crippen molar-refractivity contribution in [2.24, 2.45) is 35.5 Å². The van der Waals surface area contributed by atoms with E-state index in [1.807, 2.05) is 40.5 Å². The Morgan fingerprint density at radius 2 is 0.838 bits per heavy atom. The zero-order chi connectivity index (χ0) is 46.2. The molecule has 3 aliphatic heterocycles. The lowest BCUT2D eigenvalue weighted by atomic mass is 10.0. The summed E-state index contributed by atoms with van der Waals surface area (Å²) in [5, 5.41) is 6.75. The van der Waals surface area contributed by atoms with Crippen LogP contribution in [-0.4, -0.2) is 172 Å². The number of fused-ring (bicyclic) bond motifs is 6. The van der Waals surface area contributed by atoms with E-state index < -0.39 is 0 Å². The molecule has 364 valence electrons. The maximum atomic E-state index is 12.0. The number of carbonyl (C=O) groups excluding carboxylic acids is 2. The molecular formula is C48H66ClN15O4. The molecule has 9 heterocycles. The largest absolute Gasteiger partial charge is 0.375 e. The van der Waals surface area contributed by atoms with Gasteiger partial charge in [-0.15, -0.1) is 12.4 Å². The number of anilines is 3. The van der Waals surface area contributed by atoms with Crippen molar-refractivity contribution >= 4 is 74.8 Å². The molecule has 68 heavy (non-hydrogen) atoms. The average Bonchev–Trinajstić information content (AvgIpc) is 4.16. The maximum Gasteiger partial charge on any atom is 0.248 e. The fraction of sp³-hybridized carbons (Fsp3) is 0.583. The number of likely N-dealkylation sites (tertiary alicyclic amines) is 2. The highest BCUT2D eigenvalue weighted by molar-refractivity contribution is 5.89. The molecule has 6 aromatic rings. The Kier molecular flexibility index (Phi) is 14.3. The number of hydrogen-bond donors (Lipinski definition) is 4. The van der Waals surface area contributed by atoms with E-state index in [9.17, 15) is 9.59 Å². The van der Waals surface area contributed by atoms with Crippen molar-refractivity contribution in [3.05, 3.63) is 55.8 Å². The SMILES string of the molecule is CN(c1ncnc2[nH]ccc12)C1C[C@H]2CNC[C@H]2C1.COCC(=O)N1C[C@H]2CC(N(C)c3ncnc4[nH]ccc34)C[C@H]2C1.COCC(=O)N1C[C@H]2CC(N(C)c3ncnc4[nH]ccc34)C[C@H]2C1.Cl. The average molecular weight is 953 g/mol. The molecule has 0 aromatic carbocycles. The number of aromatic amines is 3. The molecule has 19 nitrogen and oxygen atoms in total. The van der Waals surface area contributed by atoms with Gasteiger partial charge in [0.15, 0.2) is 0 Å². The molecule has 6 aromatic heterocycles. The van der Waals surface area contributed by atoms with Gasteiger partial charge >= 0.3 is 0 Å². The molecule has 3 unspecified atom stereocenters. The van der Waals surface area contributed by atoms with E-state index >= 15 is 0 Å². The molecule has 6 fully saturated rings. The van der Waals surface area contributed by atoms with E-state index in [4.69, 9.17) is 9.47 Å². The minimum Gasteiger partial charge on any atom is -0.375 e. The van der Waals surface area contributed by atoms with Crippen LogP contribution in [0, 0.1) is 35.5 Å². The van der Waals surface area contributed by atoms with Gasteiger partial charge < -0.3 is 54.2 Å². The maximum absolute atomic E-state index is 12.0. The van der Waals surface area contributed by atoms with E-state index in [1.54, 1.807) is 33.2 Å². The molecule has 20 heteroatoms. The van der Waals surface area contributed by atoms with Gasteiger partial charge in [0.05, 0.1) is 16.2 Å². The number of carbonyl (C=O) groups is 2. The topological polar surface area (TPSA) is 206 Å². The monoisotopic (exact) mass is 952 g/mol. The fourth-order valence-corrected chi connectivity index (χ4v) is 12.4. The smallest absolute Gasteiger partial charge is 0.248 e. The summed E-state index contributed by atoms with van der Waals surface area (Å²) >= 11 is 0. The molecule has 9 atom stereocenters. The number of nitrogens with one attached hydrogen (secondary N) is 4. The zero-order valence-electron chi connectivity index (χ0n) is 39.8. The third kappa shape index (κ3) is 9.41. The van der Waals surface area contributed by atoms with Crippen LogP contribution in [0.1, 0.15) is 38.5 Å². The number of rotatable bonds is 10. The number of methoxy groups -OCH3 is 2. The highest BCUT2D eigenvalue weighted by Crippen LogP contribution is 2.43. The first kappa shape index (κ1) is 47.4. The van der Waals surface area contributed by atoms with Crippen molar-refractivity contribution in [3.63, 3.8) is 0 Å². The Morgan fingerprint density at radius 3 is 1.15 bits per heavy atom. The fourth-order valence-electron chi connectivity index (χ4n) is 12.4. The van der Waals surface area contributed by atoms with E-state index in [-0.39, 0.29) is 37.4 Å². The lowest BCUT2D eigenvalue weighted by molar-refractivity contribution is -0.135. The van der Waals surface area contributed by atoms with Crippen LogP contribution in [0.15, 0.2) is 55.8 Å².